The second-order valence-corrected chi connectivity index (χ2v) is 7.60. The van der Waals surface area contributed by atoms with E-state index < -0.39 is 5.82 Å². The van der Waals surface area contributed by atoms with Gasteiger partial charge in [0.2, 0.25) is 5.91 Å². The standard InChI is InChI=1S/C22H21ClFN3O3/c1-2-3-10-29-17-7-4-14(5-8-17)22-25-21(26-30-22)15-11-20(28)27(13-15)16-6-9-19(24)18(23)12-16/h4-9,12,15H,2-3,10-11,13H2,1H3/t15-/m1/s1. The molecule has 1 fully saturated rings. The number of nitrogens with zero attached hydrogens (tertiary/aromatic N) is 3. The van der Waals surface area contributed by atoms with E-state index in [9.17, 15) is 9.18 Å². The third-order valence-electron chi connectivity index (χ3n) is 5.01. The number of ether oxygens (including phenoxy) is 1. The van der Waals surface area contributed by atoms with Gasteiger partial charge in [0, 0.05) is 30.1 Å². The van der Waals surface area contributed by atoms with Crippen LogP contribution in [-0.2, 0) is 4.79 Å². The van der Waals surface area contributed by atoms with E-state index in [0.29, 0.717) is 30.6 Å². The molecule has 1 saturated heterocycles. The summed E-state index contributed by atoms with van der Waals surface area (Å²) in [6, 6.07) is 11.7. The topological polar surface area (TPSA) is 68.5 Å². The highest BCUT2D eigenvalue weighted by Gasteiger charge is 2.35. The average Bonchev–Trinajstić information content (AvgIpc) is 3.38. The summed E-state index contributed by atoms with van der Waals surface area (Å²) in [5, 5.41) is 4.05. The smallest absolute Gasteiger partial charge is 0.257 e. The van der Waals surface area contributed by atoms with Crippen LogP contribution in [0.25, 0.3) is 11.5 Å². The summed E-state index contributed by atoms with van der Waals surface area (Å²) in [7, 11) is 0. The predicted molar refractivity (Wildman–Crippen MR) is 111 cm³/mol. The van der Waals surface area contributed by atoms with Crippen LogP contribution in [0.5, 0.6) is 5.75 Å². The zero-order chi connectivity index (χ0) is 21.1. The van der Waals surface area contributed by atoms with Crippen molar-refractivity contribution in [3.8, 4) is 17.2 Å². The van der Waals surface area contributed by atoms with Gasteiger partial charge in [-0.2, -0.15) is 4.98 Å². The lowest BCUT2D eigenvalue weighted by molar-refractivity contribution is -0.117. The van der Waals surface area contributed by atoms with E-state index in [0.717, 1.165) is 24.2 Å². The lowest BCUT2D eigenvalue weighted by Gasteiger charge is -2.16. The molecular formula is C22H21ClFN3O3. The molecule has 2 aromatic carbocycles. The molecule has 1 aliphatic heterocycles. The number of rotatable bonds is 7. The van der Waals surface area contributed by atoms with Crippen molar-refractivity contribution in [2.24, 2.45) is 0 Å². The Morgan fingerprint density at radius 1 is 1.27 bits per heavy atom. The Balaban J connectivity index is 1.45. The summed E-state index contributed by atoms with van der Waals surface area (Å²) < 4.78 is 24.5. The molecule has 0 N–H and O–H groups in total. The maximum Gasteiger partial charge on any atom is 0.257 e. The lowest BCUT2D eigenvalue weighted by Crippen LogP contribution is -2.24. The lowest BCUT2D eigenvalue weighted by atomic mass is 10.1. The molecule has 8 heteroatoms. The Labute approximate surface area is 178 Å². The summed E-state index contributed by atoms with van der Waals surface area (Å²) in [6.45, 7) is 3.18. The monoisotopic (exact) mass is 429 g/mol. The Morgan fingerprint density at radius 3 is 2.80 bits per heavy atom. The Bertz CT molecular complexity index is 1040. The van der Waals surface area contributed by atoms with Gasteiger partial charge in [-0.25, -0.2) is 4.39 Å². The van der Waals surface area contributed by atoms with Crippen molar-refractivity contribution in [3.63, 3.8) is 0 Å². The number of hydrogen-bond donors (Lipinski definition) is 0. The SMILES string of the molecule is CCCCOc1ccc(-c2nc([C@@H]3CC(=O)N(c4ccc(F)c(Cl)c4)C3)no2)cc1. The maximum absolute atomic E-state index is 13.4. The molecule has 30 heavy (non-hydrogen) atoms. The molecule has 2 heterocycles. The molecule has 3 aromatic rings. The molecule has 1 aromatic heterocycles. The van der Waals surface area contributed by atoms with Gasteiger partial charge in [0.1, 0.15) is 11.6 Å². The van der Waals surface area contributed by atoms with Crippen molar-refractivity contribution in [3.05, 3.63) is 59.1 Å². The number of amides is 1. The molecular weight excluding hydrogens is 409 g/mol. The fourth-order valence-electron chi connectivity index (χ4n) is 3.33. The van der Waals surface area contributed by atoms with Gasteiger partial charge in [-0.05, 0) is 48.9 Å². The molecule has 1 atom stereocenters. The Kier molecular flexibility index (Phi) is 5.99. The summed E-state index contributed by atoms with van der Waals surface area (Å²) in [5.74, 6) is 0.825. The quantitative estimate of drug-likeness (QED) is 0.481. The van der Waals surface area contributed by atoms with Crippen LogP contribution in [0.15, 0.2) is 47.0 Å². The van der Waals surface area contributed by atoms with E-state index in [4.69, 9.17) is 20.9 Å². The number of anilines is 1. The molecule has 6 nitrogen and oxygen atoms in total. The number of carbonyl (C=O) groups is 1. The highest BCUT2D eigenvalue weighted by molar-refractivity contribution is 6.31. The van der Waals surface area contributed by atoms with Crippen molar-refractivity contribution in [2.45, 2.75) is 32.1 Å². The van der Waals surface area contributed by atoms with Gasteiger partial charge < -0.3 is 14.2 Å². The van der Waals surface area contributed by atoms with Gasteiger partial charge in [0.25, 0.3) is 5.89 Å². The highest BCUT2D eigenvalue weighted by atomic mass is 35.5. The molecule has 0 aliphatic carbocycles. The van der Waals surface area contributed by atoms with Crippen LogP contribution in [0, 0.1) is 5.82 Å². The molecule has 4 rings (SSSR count). The van der Waals surface area contributed by atoms with Gasteiger partial charge in [0.15, 0.2) is 5.82 Å². The average molecular weight is 430 g/mol. The molecule has 0 bridgehead atoms. The van der Waals surface area contributed by atoms with Crippen molar-refractivity contribution >= 4 is 23.2 Å². The van der Waals surface area contributed by atoms with Gasteiger partial charge in [-0.3, -0.25) is 4.79 Å². The van der Waals surface area contributed by atoms with Gasteiger partial charge in [-0.15, -0.1) is 0 Å². The van der Waals surface area contributed by atoms with Crippen LogP contribution in [0.4, 0.5) is 10.1 Å². The van der Waals surface area contributed by atoms with E-state index in [2.05, 4.69) is 17.1 Å². The number of aromatic nitrogens is 2. The minimum atomic E-state index is -0.520. The molecule has 0 spiro atoms. The molecule has 0 unspecified atom stereocenters. The zero-order valence-corrected chi connectivity index (χ0v) is 17.2. The first-order chi connectivity index (χ1) is 14.5. The summed E-state index contributed by atoms with van der Waals surface area (Å²) in [5.41, 5.74) is 1.33. The number of hydrogen-bond acceptors (Lipinski definition) is 5. The fourth-order valence-corrected chi connectivity index (χ4v) is 3.50. The normalized spacial score (nSPS) is 16.3. The molecule has 1 amide bonds. The van der Waals surface area contributed by atoms with Crippen LogP contribution in [0.1, 0.15) is 37.9 Å². The summed E-state index contributed by atoms with van der Waals surface area (Å²) in [4.78, 5) is 18.5. The second kappa shape index (κ2) is 8.83. The molecule has 0 saturated carbocycles. The third kappa shape index (κ3) is 4.31. The number of benzene rings is 2. The van der Waals surface area contributed by atoms with Crippen LogP contribution in [0.3, 0.4) is 0 Å². The minimum absolute atomic E-state index is 0.0206. The van der Waals surface area contributed by atoms with Crippen molar-refractivity contribution in [2.75, 3.05) is 18.1 Å². The van der Waals surface area contributed by atoms with Crippen molar-refractivity contribution in [1.82, 2.24) is 10.1 Å². The first kappa shape index (κ1) is 20.3. The first-order valence-electron chi connectivity index (χ1n) is 9.87. The number of unbranched alkanes of at least 4 members (excludes halogenated alkanes) is 1. The van der Waals surface area contributed by atoms with E-state index in [1.165, 1.54) is 18.2 Å². The number of carbonyl (C=O) groups excluding carboxylic acids is 1. The summed E-state index contributed by atoms with van der Waals surface area (Å²) >= 11 is 5.85. The Hall–Kier alpha value is -2.93. The number of halogens is 2. The van der Waals surface area contributed by atoms with Gasteiger partial charge in [-0.1, -0.05) is 30.1 Å². The van der Waals surface area contributed by atoms with Gasteiger partial charge >= 0.3 is 0 Å². The van der Waals surface area contributed by atoms with Gasteiger partial charge in [0.05, 0.1) is 11.6 Å². The van der Waals surface area contributed by atoms with Crippen molar-refractivity contribution < 1.29 is 18.4 Å². The van der Waals surface area contributed by atoms with Crippen LogP contribution in [-0.4, -0.2) is 29.2 Å². The zero-order valence-electron chi connectivity index (χ0n) is 16.5. The first-order valence-corrected chi connectivity index (χ1v) is 10.2. The summed E-state index contributed by atoms with van der Waals surface area (Å²) in [6.07, 6.45) is 2.34. The maximum atomic E-state index is 13.4. The van der Waals surface area contributed by atoms with Crippen LogP contribution < -0.4 is 9.64 Å². The van der Waals surface area contributed by atoms with Crippen LogP contribution >= 0.6 is 11.6 Å². The molecule has 0 radical (unpaired) electrons. The molecule has 156 valence electrons. The van der Waals surface area contributed by atoms with E-state index in [1.807, 2.05) is 24.3 Å². The highest BCUT2D eigenvalue weighted by Crippen LogP contribution is 2.33. The second-order valence-electron chi connectivity index (χ2n) is 7.19. The van der Waals surface area contributed by atoms with Crippen LogP contribution in [0.2, 0.25) is 5.02 Å². The van der Waals surface area contributed by atoms with E-state index >= 15 is 0 Å². The van der Waals surface area contributed by atoms with Crippen molar-refractivity contribution in [1.29, 1.82) is 0 Å². The van der Waals surface area contributed by atoms with E-state index in [1.54, 1.807) is 4.90 Å². The fraction of sp³-hybridized carbons (Fsp3) is 0.318. The minimum Gasteiger partial charge on any atom is -0.494 e. The third-order valence-corrected chi connectivity index (χ3v) is 5.30. The Morgan fingerprint density at radius 2 is 2.07 bits per heavy atom. The predicted octanol–water partition coefficient (Wildman–Crippen LogP) is 5.23. The largest absolute Gasteiger partial charge is 0.494 e. The molecule has 1 aliphatic rings. The van der Waals surface area contributed by atoms with E-state index in [-0.39, 0.29) is 23.3 Å².